The van der Waals surface area contributed by atoms with Crippen LogP contribution in [-0.2, 0) is 14.2 Å². The van der Waals surface area contributed by atoms with Crippen molar-refractivity contribution in [2.24, 2.45) is 0 Å². The molecule has 4 heterocycles. The Hall–Kier alpha value is -2.42. The lowest BCUT2D eigenvalue weighted by Gasteiger charge is -2.30. The number of aromatic nitrogens is 2. The van der Waals surface area contributed by atoms with E-state index < -0.39 is 0 Å². The van der Waals surface area contributed by atoms with Crippen LogP contribution < -0.4 is 15.0 Å². The van der Waals surface area contributed by atoms with E-state index in [2.05, 4.69) is 17.1 Å². The quantitative estimate of drug-likeness (QED) is 0.694. The molecule has 8 heteroatoms. The van der Waals surface area contributed by atoms with E-state index >= 15 is 0 Å². The molecule has 1 N–H and O–H groups in total. The summed E-state index contributed by atoms with van der Waals surface area (Å²) < 4.78 is 22.2. The van der Waals surface area contributed by atoms with Gasteiger partial charge in [-0.15, -0.1) is 0 Å². The summed E-state index contributed by atoms with van der Waals surface area (Å²) in [4.78, 5) is 12.1. The third-order valence-corrected chi connectivity index (χ3v) is 5.63. The minimum absolute atomic E-state index is 0.224. The maximum absolute atomic E-state index is 5.86. The Kier molecular flexibility index (Phi) is 5.70. The third kappa shape index (κ3) is 4.50. The van der Waals surface area contributed by atoms with Gasteiger partial charge >= 0.3 is 0 Å². The van der Waals surface area contributed by atoms with Gasteiger partial charge in [-0.3, -0.25) is 0 Å². The number of nitrogens with one attached hydrogen (secondary N) is 1. The monoisotopic (exact) mass is 412 g/mol. The average molecular weight is 412 g/mol. The molecule has 2 atom stereocenters. The fourth-order valence-electron chi connectivity index (χ4n) is 3.78. The highest BCUT2D eigenvalue weighted by molar-refractivity contribution is 5.67. The average Bonchev–Trinajstić information content (AvgIpc) is 3.48. The van der Waals surface area contributed by atoms with Crippen molar-refractivity contribution in [2.45, 2.75) is 25.5 Å². The summed E-state index contributed by atoms with van der Waals surface area (Å²) in [5.41, 5.74) is 2.00. The van der Waals surface area contributed by atoms with E-state index in [1.807, 2.05) is 24.3 Å². The second kappa shape index (κ2) is 8.75. The van der Waals surface area contributed by atoms with Gasteiger partial charge in [0.15, 0.2) is 5.82 Å². The van der Waals surface area contributed by atoms with E-state index in [9.17, 15) is 0 Å². The SMILES string of the molecule is Cc1c(N[C@@H]2CCOC2)nc(-c2cccc(OCC3CO3)c2)nc1N1CCOCC1. The molecule has 0 saturated carbocycles. The second-order valence-corrected chi connectivity index (χ2v) is 7.94. The number of morpholine rings is 1. The molecule has 3 aliphatic heterocycles. The summed E-state index contributed by atoms with van der Waals surface area (Å²) in [7, 11) is 0. The number of rotatable bonds is 7. The maximum Gasteiger partial charge on any atom is 0.164 e. The van der Waals surface area contributed by atoms with Gasteiger partial charge in [-0.05, 0) is 25.5 Å². The van der Waals surface area contributed by atoms with Crippen molar-refractivity contribution in [3.05, 3.63) is 29.8 Å². The Labute approximate surface area is 176 Å². The summed E-state index contributed by atoms with van der Waals surface area (Å²) in [5.74, 6) is 3.33. The number of anilines is 2. The van der Waals surface area contributed by atoms with Crippen LogP contribution >= 0.6 is 0 Å². The first-order valence-corrected chi connectivity index (χ1v) is 10.7. The van der Waals surface area contributed by atoms with Gasteiger partial charge in [0.05, 0.1) is 32.5 Å². The van der Waals surface area contributed by atoms with Gasteiger partial charge in [0.25, 0.3) is 0 Å². The Bertz CT molecular complexity index is 877. The molecule has 1 unspecified atom stereocenters. The molecule has 0 aliphatic carbocycles. The Balaban J connectivity index is 1.47. The molecule has 0 spiro atoms. The van der Waals surface area contributed by atoms with Crippen molar-refractivity contribution in [3.63, 3.8) is 0 Å². The molecule has 30 heavy (non-hydrogen) atoms. The highest BCUT2D eigenvalue weighted by Crippen LogP contribution is 2.30. The van der Waals surface area contributed by atoms with E-state index in [0.717, 1.165) is 61.2 Å². The molecule has 1 aromatic heterocycles. The molecular weight excluding hydrogens is 384 g/mol. The topological polar surface area (TPSA) is 81.3 Å². The third-order valence-electron chi connectivity index (χ3n) is 5.63. The van der Waals surface area contributed by atoms with Crippen molar-refractivity contribution in [1.82, 2.24) is 9.97 Å². The number of epoxide rings is 1. The smallest absolute Gasteiger partial charge is 0.164 e. The van der Waals surface area contributed by atoms with Crippen molar-refractivity contribution < 1.29 is 18.9 Å². The molecule has 3 aliphatic rings. The van der Waals surface area contributed by atoms with Crippen molar-refractivity contribution in [2.75, 3.05) is 62.9 Å². The normalized spacial score (nSPS) is 23.4. The molecule has 0 amide bonds. The van der Waals surface area contributed by atoms with Gasteiger partial charge in [0.2, 0.25) is 0 Å². The van der Waals surface area contributed by atoms with Crippen LogP contribution in [0.1, 0.15) is 12.0 Å². The van der Waals surface area contributed by atoms with Crippen LogP contribution in [0.5, 0.6) is 5.75 Å². The first-order chi connectivity index (χ1) is 14.8. The minimum Gasteiger partial charge on any atom is -0.491 e. The van der Waals surface area contributed by atoms with Crippen LogP contribution in [0.25, 0.3) is 11.4 Å². The van der Waals surface area contributed by atoms with Crippen LogP contribution in [0.15, 0.2) is 24.3 Å². The Morgan fingerprint density at radius 1 is 1.13 bits per heavy atom. The van der Waals surface area contributed by atoms with Crippen LogP contribution in [0.3, 0.4) is 0 Å². The van der Waals surface area contributed by atoms with Gasteiger partial charge in [-0.2, -0.15) is 0 Å². The lowest BCUT2D eigenvalue weighted by molar-refractivity contribution is 0.122. The summed E-state index contributed by atoms with van der Waals surface area (Å²) in [6.45, 7) is 8.02. The molecule has 3 fully saturated rings. The molecule has 0 radical (unpaired) electrons. The van der Waals surface area contributed by atoms with E-state index in [4.69, 9.17) is 28.9 Å². The van der Waals surface area contributed by atoms with Crippen LogP contribution in [-0.4, -0.2) is 74.8 Å². The first kappa shape index (κ1) is 19.5. The summed E-state index contributed by atoms with van der Waals surface area (Å²) in [5, 5.41) is 3.58. The minimum atomic E-state index is 0.224. The predicted octanol–water partition coefficient (Wildman–Crippen LogP) is 2.27. The number of hydrogen-bond donors (Lipinski definition) is 1. The predicted molar refractivity (Wildman–Crippen MR) is 113 cm³/mol. The van der Waals surface area contributed by atoms with E-state index in [1.54, 1.807) is 0 Å². The number of ether oxygens (including phenoxy) is 4. The molecule has 2 aromatic rings. The van der Waals surface area contributed by atoms with Gasteiger partial charge < -0.3 is 29.2 Å². The fourth-order valence-corrected chi connectivity index (χ4v) is 3.78. The van der Waals surface area contributed by atoms with Gasteiger partial charge in [0.1, 0.15) is 30.1 Å². The van der Waals surface area contributed by atoms with Gasteiger partial charge in [-0.1, -0.05) is 12.1 Å². The van der Waals surface area contributed by atoms with Crippen molar-refractivity contribution >= 4 is 11.6 Å². The van der Waals surface area contributed by atoms with E-state index in [0.29, 0.717) is 32.3 Å². The number of hydrogen-bond acceptors (Lipinski definition) is 8. The fraction of sp³-hybridized carbons (Fsp3) is 0.545. The molecule has 0 bridgehead atoms. The molecular formula is C22H28N4O4. The molecule has 5 rings (SSSR count). The van der Waals surface area contributed by atoms with Gasteiger partial charge in [0, 0.05) is 30.8 Å². The zero-order chi connectivity index (χ0) is 20.3. The van der Waals surface area contributed by atoms with E-state index in [-0.39, 0.29) is 12.1 Å². The zero-order valence-corrected chi connectivity index (χ0v) is 17.3. The summed E-state index contributed by atoms with van der Waals surface area (Å²) >= 11 is 0. The largest absolute Gasteiger partial charge is 0.491 e. The van der Waals surface area contributed by atoms with Crippen LogP contribution in [0, 0.1) is 6.92 Å². The number of benzene rings is 1. The highest BCUT2D eigenvalue weighted by Gasteiger charge is 2.24. The van der Waals surface area contributed by atoms with E-state index in [1.165, 1.54) is 0 Å². The lowest BCUT2D eigenvalue weighted by Crippen LogP contribution is -2.37. The molecule has 160 valence electrons. The molecule has 1 aromatic carbocycles. The standard InChI is InChI=1S/C22H28N4O4/c1-15-20(23-17-5-8-28-12-17)24-21(25-22(15)26-6-9-27-10-7-26)16-3-2-4-18(11-16)29-13-19-14-30-19/h2-4,11,17,19H,5-10,12-14H2,1H3,(H,23,24,25)/t17-,19?/m1/s1. The summed E-state index contributed by atoms with van der Waals surface area (Å²) in [6.07, 6.45) is 1.21. The van der Waals surface area contributed by atoms with Crippen molar-refractivity contribution in [1.29, 1.82) is 0 Å². The maximum atomic E-state index is 5.86. The molecule has 8 nitrogen and oxygen atoms in total. The van der Waals surface area contributed by atoms with Gasteiger partial charge in [-0.25, -0.2) is 9.97 Å². The zero-order valence-electron chi connectivity index (χ0n) is 17.3. The van der Waals surface area contributed by atoms with Crippen LogP contribution in [0.4, 0.5) is 11.6 Å². The second-order valence-electron chi connectivity index (χ2n) is 7.94. The molecule has 3 saturated heterocycles. The highest BCUT2D eigenvalue weighted by atomic mass is 16.6. The Morgan fingerprint density at radius 2 is 2.00 bits per heavy atom. The summed E-state index contributed by atoms with van der Waals surface area (Å²) in [6, 6.07) is 8.23. The Morgan fingerprint density at radius 3 is 2.77 bits per heavy atom. The van der Waals surface area contributed by atoms with Crippen molar-refractivity contribution in [3.8, 4) is 17.1 Å². The number of nitrogens with zero attached hydrogens (tertiary/aromatic N) is 3. The lowest BCUT2D eigenvalue weighted by atomic mass is 10.1. The van der Waals surface area contributed by atoms with Crippen LogP contribution in [0.2, 0.25) is 0 Å². The first-order valence-electron chi connectivity index (χ1n) is 10.7.